The molecule has 0 fully saturated rings. The van der Waals surface area contributed by atoms with Crippen LogP contribution in [0.5, 0.6) is 0 Å². The number of aromatic nitrogens is 2. The lowest BCUT2D eigenvalue weighted by Crippen LogP contribution is -1.95. The number of hydrogen-bond donors (Lipinski definition) is 0. The second-order valence-corrected chi connectivity index (χ2v) is 14.0. The molecule has 3 aromatic heterocycles. The van der Waals surface area contributed by atoms with Crippen LogP contribution in [0.15, 0.2) is 170 Å². The van der Waals surface area contributed by atoms with Gasteiger partial charge in [0.25, 0.3) is 0 Å². The van der Waals surface area contributed by atoms with E-state index in [0.717, 1.165) is 0 Å². The fourth-order valence-electron chi connectivity index (χ4n) is 8.24. The molecule has 0 saturated carbocycles. The zero-order valence-electron chi connectivity index (χ0n) is 26.5. The van der Waals surface area contributed by atoms with Crippen molar-refractivity contribution in [1.82, 2.24) is 9.13 Å². The predicted octanol–water partition coefficient (Wildman–Crippen LogP) is 13.1. The van der Waals surface area contributed by atoms with E-state index in [0.29, 0.717) is 0 Å². The summed E-state index contributed by atoms with van der Waals surface area (Å²) in [5.41, 5.74) is 9.81. The molecule has 11 rings (SSSR count). The van der Waals surface area contributed by atoms with Gasteiger partial charge in [-0.25, -0.2) is 0 Å². The first-order valence-corrected chi connectivity index (χ1v) is 17.6. The van der Waals surface area contributed by atoms with Gasteiger partial charge in [-0.15, -0.1) is 11.3 Å². The van der Waals surface area contributed by atoms with Crippen LogP contribution in [0.4, 0.5) is 0 Å². The summed E-state index contributed by atoms with van der Waals surface area (Å²) in [6.45, 7) is 0. The maximum absolute atomic E-state index is 2.49. The normalized spacial score (nSPS) is 12.1. The van der Waals surface area contributed by atoms with Crippen molar-refractivity contribution in [3.8, 4) is 22.5 Å². The van der Waals surface area contributed by atoms with Crippen molar-refractivity contribution in [2.24, 2.45) is 0 Å². The monoisotopic (exact) mass is 640 g/mol. The fourth-order valence-corrected chi connectivity index (χ4v) is 9.39. The lowest BCUT2D eigenvalue weighted by atomic mass is 9.96. The van der Waals surface area contributed by atoms with Crippen LogP contribution < -0.4 is 0 Å². The minimum absolute atomic E-state index is 1.18. The Balaban J connectivity index is 1.28. The van der Waals surface area contributed by atoms with Crippen LogP contribution in [0.2, 0.25) is 0 Å². The third kappa shape index (κ3) is 3.76. The van der Waals surface area contributed by atoms with Gasteiger partial charge in [-0.05, 0) is 71.1 Å². The molecule has 0 atom stereocenters. The Kier molecular flexibility index (Phi) is 5.57. The average molecular weight is 641 g/mol. The Hall–Kier alpha value is -6.16. The number of thiophene rings is 1. The second kappa shape index (κ2) is 10.2. The van der Waals surface area contributed by atoms with Crippen LogP contribution in [0.25, 0.3) is 97.1 Å². The summed E-state index contributed by atoms with van der Waals surface area (Å²) < 4.78 is 7.56. The smallest absolute Gasteiger partial charge is 0.0640 e. The first kappa shape index (κ1) is 26.9. The van der Waals surface area contributed by atoms with E-state index in [2.05, 4.69) is 179 Å². The van der Waals surface area contributed by atoms with Gasteiger partial charge in [0.15, 0.2) is 0 Å². The lowest BCUT2D eigenvalue weighted by Gasteiger charge is -2.13. The van der Waals surface area contributed by atoms with Crippen LogP contribution in [-0.4, -0.2) is 9.13 Å². The van der Waals surface area contributed by atoms with E-state index in [1.54, 1.807) is 0 Å². The first-order valence-electron chi connectivity index (χ1n) is 16.8. The molecule has 0 saturated heterocycles. The SMILES string of the molecule is c1ccc(-n2c3ccccc3c3c(-c4ccc5c(c4)c4ccccc4n5-c4cccc5ccccc45)cc4sc5ccccc5c4c32)cc1. The third-order valence-electron chi connectivity index (χ3n) is 10.3. The minimum atomic E-state index is 1.18. The van der Waals surface area contributed by atoms with Crippen LogP contribution in [0.1, 0.15) is 0 Å². The van der Waals surface area contributed by atoms with Gasteiger partial charge >= 0.3 is 0 Å². The molecule has 228 valence electrons. The zero-order chi connectivity index (χ0) is 32.1. The van der Waals surface area contributed by atoms with Gasteiger partial charge in [0.1, 0.15) is 0 Å². The molecule has 0 unspecified atom stereocenters. The number of hydrogen-bond acceptors (Lipinski definition) is 1. The standard InChI is InChI=1S/C46H28N2S/c1-2-15-31(16-3-1)47-40-22-10-7-19-34(40)44-36(28-43-45(46(44)47)35-20-8-11-24-42(35)49-43)30-25-26-41-37(27-30)33-18-6-9-21-39(33)48(41)38-23-12-14-29-13-4-5-17-32(29)38/h1-28H. The Bertz CT molecular complexity index is 3100. The highest BCUT2D eigenvalue weighted by Gasteiger charge is 2.23. The summed E-state index contributed by atoms with van der Waals surface area (Å²) in [6, 6.07) is 62.3. The lowest BCUT2D eigenvalue weighted by molar-refractivity contribution is 1.19. The maximum atomic E-state index is 2.49. The summed E-state index contributed by atoms with van der Waals surface area (Å²) in [6.07, 6.45) is 0. The summed E-state index contributed by atoms with van der Waals surface area (Å²) >= 11 is 1.89. The van der Waals surface area contributed by atoms with Gasteiger partial charge in [-0.2, -0.15) is 0 Å². The Morgan fingerprint density at radius 3 is 1.90 bits per heavy atom. The van der Waals surface area contributed by atoms with Crippen molar-refractivity contribution < 1.29 is 0 Å². The molecular weight excluding hydrogens is 613 g/mol. The van der Waals surface area contributed by atoms with E-state index >= 15 is 0 Å². The van der Waals surface area contributed by atoms with Gasteiger partial charge in [-0.1, -0.05) is 115 Å². The average Bonchev–Trinajstić information content (AvgIpc) is 3.82. The van der Waals surface area contributed by atoms with E-state index in [9.17, 15) is 0 Å². The van der Waals surface area contributed by atoms with E-state index in [-0.39, 0.29) is 0 Å². The molecule has 49 heavy (non-hydrogen) atoms. The fraction of sp³-hybridized carbons (Fsp3) is 0. The van der Waals surface area contributed by atoms with Crippen LogP contribution in [0, 0.1) is 0 Å². The van der Waals surface area contributed by atoms with Gasteiger partial charge in [0, 0.05) is 52.8 Å². The van der Waals surface area contributed by atoms with Gasteiger partial charge < -0.3 is 9.13 Å². The molecule has 3 heterocycles. The Morgan fingerprint density at radius 2 is 1.04 bits per heavy atom. The first-order chi connectivity index (χ1) is 24.3. The molecule has 3 heteroatoms. The third-order valence-corrected chi connectivity index (χ3v) is 11.4. The highest BCUT2D eigenvalue weighted by atomic mass is 32.1. The Labute approximate surface area is 286 Å². The molecule has 11 aromatic rings. The van der Waals surface area contributed by atoms with Crippen molar-refractivity contribution >= 4 is 85.9 Å². The van der Waals surface area contributed by atoms with Gasteiger partial charge in [0.2, 0.25) is 0 Å². The molecule has 0 aliphatic carbocycles. The summed E-state index contributed by atoms with van der Waals surface area (Å²) in [5, 5.41) is 10.2. The Morgan fingerprint density at radius 1 is 0.388 bits per heavy atom. The van der Waals surface area contributed by atoms with E-state index in [4.69, 9.17) is 0 Å². The summed E-state index contributed by atoms with van der Waals surface area (Å²) in [5.74, 6) is 0. The van der Waals surface area contributed by atoms with Crippen LogP contribution in [0.3, 0.4) is 0 Å². The molecular formula is C46H28N2S. The van der Waals surface area contributed by atoms with Crippen molar-refractivity contribution in [1.29, 1.82) is 0 Å². The minimum Gasteiger partial charge on any atom is -0.309 e. The second-order valence-electron chi connectivity index (χ2n) is 12.9. The van der Waals surface area contributed by atoms with E-state index < -0.39 is 0 Å². The maximum Gasteiger partial charge on any atom is 0.0640 e. The number of benzene rings is 8. The van der Waals surface area contributed by atoms with Crippen LogP contribution >= 0.6 is 11.3 Å². The largest absolute Gasteiger partial charge is 0.309 e. The molecule has 0 aliphatic heterocycles. The molecule has 8 aromatic carbocycles. The molecule has 2 nitrogen and oxygen atoms in total. The summed E-state index contributed by atoms with van der Waals surface area (Å²) in [7, 11) is 0. The number of rotatable bonds is 3. The van der Waals surface area contributed by atoms with Gasteiger partial charge in [-0.3, -0.25) is 0 Å². The highest BCUT2D eigenvalue weighted by Crippen LogP contribution is 2.48. The molecule has 0 radical (unpaired) electrons. The number of nitrogens with zero attached hydrogens (tertiary/aromatic N) is 2. The van der Waals surface area contributed by atoms with E-state index in [1.807, 2.05) is 11.3 Å². The van der Waals surface area contributed by atoms with Crippen molar-refractivity contribution in [2.45, 2.75) is 0 Å². The van der Waals surface area contributed by atoms with Crippen molar-refractivity contribution in [3.05, 3.63) is 170 Å². The number of fused-ring (bicyclic) bond motifs is 11. The van der Waals surface area contributed by atoms with Crippen molar-refractivity contribution in [2.75, 3.05) is 0 Å². The molecule has 0 aliphatic rings. The van der Waals surface area contributed by atoms with E-state index in [1.165, 1.54) is 97.1 Å². The molecule has 0 amide bonds. The molecule has 0 bridgehead atoms. The topological polar surface area (TPSA) is 9.86 Å². The quantitative estimate of drug-likeness (QED) is 0.182. The van der Waals surface area contributed by atoms with Gasteiger partial charge in [0.05, 0.1) is 27.8 Å². The highest BCUT2D eigenvalue weighted by molar-refractivity contribution is 7.26. The predicted molar refractivity (Wildman–Crippen MR) is 211 cm³/mol. The molecule has 0 N–H and O–H groups in total. The number of para-hydroxylation sites is 3. The molecule has 0 spiro atoms. The van der Waals surface area contributed by atoms with Crippen LogP contribution in [-0.2, 0) is 0 Å². The zero-order valence-corrected chi connectivity index (χ0v) is 27.3. The van der Waals surface area contributed by atoms with Crippen molar-refractivity contribution in [3.63, 3.8) is 0 Å². The summed E-state index contributed by atoms with van der Waals surface area (Å²) in [4.78, 5) is 0.